The highest BCUT2D eigenvalue weighted by Gasteiger charge is 2.09. The van der Waals surface area contributed by atoms with E-state index in [9.17, 15) is 0 Å². The van der Waals surface area contributed by atoms with Gasteiger partial charge >= 0.3 is 0 Å². The van der Waals surface area contributed by atoms with Crippen molar-refractivity contribution in [3.05, 3.63) is 0 Å². The molecule has 2 nitrogen and oxygen atoms in total. The summed E-state index contributed by atoms with van der Waals surface area (Å²) in [6.07, 6.45) is 4.00. The Kier molecular flexibility index (Phi) is 10.8. The molecule has 0 aromatic heterocycles. The van der Waals surface area contributed by atoms with Gasteiger partial charge in [0.15, 0.2) is 0 Å². The second-order valence-electron chi connectivity index (χ2n) is 6.50. The van der Waals surface area contributed by atoms with Gasteiger partial charge < -0.3 is 10.2 Å². The molecule has 0 fully saturated rings. The van der Waals surface area contributed by atoms with Gasteiger partial charge in [-0.15, -0.1) is 0 Å². The summed E-state index contributed by atoms with van der Waals surface area (Å²) in [6.45, 7) is 18.6. The van der Waals surface area contributed by atoms with Crippen molar-refractivity contribution in [3.8, 4) is 0 Å². The van der Waals surface area contributed by atoms with Crippen LogP contribution in [0.5, 0.6) is 0 Å². The van der Waals surface area contributed by atoms with E-state index in [4.69, 9.17) is 0 Å². The highest BCUT2D eigenvalue weighted by molar-refractivity contribution is 4.64. The van der Waals surface area contributed by atoms with Crippen molar-refractivity contribution in [2.45, 2.75) is 66.8 Å². The van der Waals surface area contributed by atoms with Gasteiger partial charge in [-0.05, 0) is 44.7 Å². The van der Waals surface area contributed by atoms with E-state index in [1.165, 1.54) is 38.9 Å². The highest BCUT2D eigenvalue weighted by atomic mass is 15.1. The molecule has 0 aliphatic rings. The first-order chi connectivity index (χ1) is 8.45. The van der Waals surface area contributed by atoms with E-state index in [2.05, 4.69) is 51.8 Å². The lowest BCUT2D eigenvalue weighted by Gasteiger charge is -2.26. The summed E-state index contributed by atoms with van der Waals surface area (Å²) < 4.78 is 0. The van der Waals surface area contributed by atoms with Crippen LogP contribution in [-0.2, 0) is 0 Å². The van der Waals surface area contributed by atoms with Crippen molar-refractivity contribution >= 4 is 0 Å². The molecule has 0 heterocycles. The number of rotatable bonds is 11. The van der Waals surface area contributed by atoms with E-state index in [1.54, 1.807) is 0 Å². The monoisotopic (exact) mass is 256 g/mol. The zero-order valence-electron chi connectivity index (χ0n) is 13.6. The van der Waals surface area contributed by atoms with E-state index in [-0.39, 0.29) is 0 Å². The lowest BCUT2D eigenvalue weighted by Crippen LogP contribution is -2.32. The first-order valence-electron chi connectivity index (χ1n) is 7.91. The molecule has 1 N–H and O–H groups in total. The number of unbranched alkanes of at least 4 members (excludes halogenated alkanes) is 1. The number of hydrogen-bond acceptors (Lipinski definition) is 2. The Morgan fingerprint density at radius 3 is 1.89 bits per heavy atom. The lowest BCUT2D eigenvalue weighted by atomic mass is 10.1. The van der Waals surface area contributed by atoms with Crippen LogP contribution in [0.4, 0.5) is 0 Å². The molecule has 0 bridgehead atoms. The van der Waals surface area contributed by atoms with E-state index < -0.39 is 0 Å². The summed E-state index contributed by atoms with van der Waals surface area (Å²) in [4.78, 5) is 2.65. The largest absolute Gasteiger partial charge is 0.315 e. The zero-order valence-corrected chi connectivity index (χ0v) is 13.6. The molecule has 0 saturated heterocycles. The van der Waals surface area contributed by atoms with Gasteiger partial charge in [0.25, 0.3) is 0 Å². The molecule has 0 saturated carbocycles. The van der Waals surface area contributed by atoms with Gasteiger partial charge in [0.2, 0.25) is 0 Å². The van der Waals surface area contributed by atoms with Gasteiger partial charge in [-0.3, -0.25) is 0 Å². The van der Waals surface area contributed by atoms with Gasteiger partial charge in [-0.2, -0.15) is 0 Å². The molecule has 0 spiro atoms. The van der Waals surface area contributed by atoms with Crippen LogP contribution in [0.15, 0.2) is 0 Å². The van der Waals surface area contributed by atoms with Gasteiger partial charge in [-0.25, -0.2) is 0 Å². The number of nitrogens with zero attached hydrogens (tertiary/aromatic N) is 1. The minimum atomic E-state index is 0.679. The molecule has 2 heteroatoms. The Morgan fingerprint density at radius 2 is 1.44 bits per heavy atom. The number of nitrogens with one attached hydrogen (secondary N) is 1. The lowest BCUT2D eigenvalue weighted by molar-refractivity contribution is 0.214. The van der Waals surface area contributed by atoms with Crippen LogP contribution >= 0.6 is 0 Å². The molecule has 0 aromatic carbocycles. The second kappa shape index (κ2) is 10.8. The molecular weight excluding hydrogens is 220 g/mol. The summed E-state index contributed by atoms with van der Waals surface area (Å²) in [7, 11) is 0. The Hall–Kier alpha value is -0.0800. The van der Waals surface area contributed by atoms with Crippen molar-refractivity contribution in [3.63, 3.8) is 0 Å². The third-order valence-electron chi connectivity index (χ3n) is 3.16. The fourth-order valence-corrected chi connectivity index (χ4v) is 2.53. The minimum Gasteiger partial charge on any atom is -0.315 e. The summed E-state index contributed by atoms with van der Waals surface area (Å²) in [5, 5.41) is 3.48. The summed E-state index contributed by atoms with van der Waals surface area (Å²) in [5.41, 5.74) is 0. The van der Waals surface area contributed by atoms with Crippen molar-refractivity contribution in [1.82, 2.24) is 10.2 Å². The first-order valence-corrected chi connectivity index (χ1v) is 7.91. The van der Waals surface area contributed by atoms with Crippen LogP contribution in [0.1, 0.15) is 60.8 Å². The average molecular weight is 256 g/mol. The smallest absolute Gasteiger partial charge is 0.00386 e. The standard InChI is InChI=1S/C16H36N2/c1-7-17-16(6)10-8-9-11-18(12-14(2)3)13-15(4)5/h14-17H,7-13H2,1-6H3. The van der Waals surface area contributed by atoms with Crippen LogP contribution < -0.4 is 5.32 Å². The van der Waals surface area contributed by atoms with Crippen LogP contribution in [0.25, 0.3) is 0 Å². The second-order valence-corrected chi connectivity index (χ2v) is 6.50. The molecule has 0 rings (SSSR count). The zero-order chi connectivity index (χ0) is 14.0. The molecule has 0 aromatic rings. The quantitative estimate of drug-likeness (QED) is 0.566. The SMILES string of the molecule is CCNC(C)CCCCN(CC(C)C)CC(C)C. The molecule has 0 aliphatic carbocycles. The first kappa shape index (κ1) is 17.9. The van der Waals surface area contributed by atoms with Crippen molar-refractivity contribution in [1.29, 1.82) is 0 Å². The molecule has 0 aliphatic heterocycles. The Morgan fingerprint density at radius 1 is 0.889 bits per heavy atom. The third-order valence-corrected chi connectivity index (χ3v) is 3.16. The van der Waals surface area contributed by atoms with Crippen LogP contribution in [0.3, 0.4) is 0 Å². The van der Waals surface area contributed by atoms with Crippen LogP contribution in [0, 0.1) is 11.8 Å². The van der Waals surface area contributed by atoms with E-state index in [0.29, 0.717) is 6.04 Å². The van der Waals surface area contributed by atoms with Gasteiger partial charge in [0, 0.05) is 19.1 Å². The van der Waals surface area contributed by atoms with E-state index in [0.717, 1.165) is 18.4 Å². The van der Waals surface area contributed by atoms with Crippen LogP contribution in [-0.4, -0.2) is 37.1 Å². The highest BCUT2D eigenvalue weighted by Crippen LogP contribution is 2.07. The molecule has 18 heavy (non-hydrogen) atoms. The normalized spacial score (nSPS) is 13.8. The predicted octanol–water partition coefficient (Wildman–Crippen LogP) is 3.77. The molecule has 1 unspecified atom stereocenters. The third kappa shape index (κ3) is 11.0. The Labute approximate surface area is 116 Å². The topological polar surface area (TPSA) is 15.3 Å². The average Bonchev–Trinajstić information content (AvgIpc) is 2.23. The van der Waals surface area contributed by atoms with Gasteiger partial charge in [0.1, 0.15) is 0 Å². The maximum atomic E-state index is 3.48. The van der Waals surface area contributed by atoms with Crippen molar-refractivity contribution in [2.24, 2.45) is 11.8 Å². The van der Waals surface area contributed by atoms with Gasteiger partial charge in [-0.1, -0.05) is 41.0 Å². The van der Waals surface area contributed by atoms with E-state index in [1.807, 2.05) is 0 Å². The number of hydrogen-bond donors (Lipinski definition) is 1. The summed E-state index contributed by atoms with van der Waals surface area (Å²) in [5.74, 6) is 1.56. The maximum absolute atomic E-state index is 3.48. The molecule has 0 amide bonds. The molecule has 0 radical (unpaired) electrons. The minimum absolute atomic E-state index is 0.679. The fraction of sp³-hybridized carbons (Fsp3) is 1.00. The molecule has 1 atom stereocenters. The Bertz CT molecular complexity index is 168. The molecular formula is C16H36N2. The van der Waals surface area contributed by atoms with Crippen molar-refractivity contribution < 1.29 is 0 Å². The maximum Gasteiger partial charge on any atom is 0.00386 e. The van der Waals surface area contributed by atoms with E-state index >= 15 is 0 Å². The van der Waals surface area contributed by atoms with Gasteiger partial charge in [0.05, 0.1) is 0 Å². The summed E-state index contributed by atoms with van der Waals surface area (Å²) in [6, 6.07) is 0.679. The fourth-order valence-electron chi connectivity index (χ4n) is 2.53. The summed E-state index contributed by atoms with van der Waals surface area (Å²) >= 11 is 0. The molecule has 110 valence electrons. The predicted molar refractivity (Wildman–Crippen MR) is 83.1 cm³/mol. The van der Waals surface area contributed by atoms with Crippen LogP contribution in [0.2, 0.25) is 0 Å². The Balaban J connectivity index is 3.74. The van der Waals surface area contributed by atoms with Crippen molar-refractivity contribution in [2.75, 3.05) is 26.2 Å².